The summed E-state index contributed by atoms with van der Waals surface area (Å²) in [4.78, 5) is 23.9. The van der Waals surface area contributed by atoms with Crippen molar-refractivity contribution >= 4 is 34.6 Å². The van der Waals surface area contributed by atoms with E-state index in [-0.39, 0.29) is 18.5 Å². The van der Waals surface area contributed by atoms with Crippen LogP contribution in [0.25, 0.3) is 5.70 Å². The van der Waals surface area contributed by atoms with Crippen LogP contribution in [0.5, 0.6) is 0 Å². The van der Waals surface area contributed by atoms with E-state index in [1.165, 1.54) is 17.0 Å². The normalized spacial score (nSPS) is 18.4. The lowest BCUT2D eigenvalue weighted by molar-refractivity contribution is -0.137. The van der Waals surface area contributed by atoms with Crippen LogP contribution in [-0.4, -0.2) is 32.9 Å². The van der Waals surface area contributed by atoms with Crippen molar-refractivity contribution in [2.24, 2.45) is 4.99 Å². The summed E-state index contributed by atoms with van der Waals surface area (Å²) in [7, 11) is 0. The molecule has 0 unspecified atom stereocenters. The lowest BCUT2D eigenvalue weighted by Crippen LogP contribution is -2.43. The molecule has 0 bridgehead atoms. The van der Waals surface area contributed by atoms with E-state index in [0.717, 1.165) is 22.9 Å². The second-order valence-electron chi connectivity index (χ2n) is 8.38. The second kappa shape index (κ2) is 8.09. The molecular weight excluding hydrogens is 467 g/mol. The van der Waals surface area contributed by atoms with Crippen LogP contribution in [0, 0.1) is 0 Å². The number of halogens is 4. The van der Waals surface area contributed by atoms with Gasteiger partial charge in [-0.15, -0.1) is 0 Å². The topological polar surface area (TPSA) is 63.4 Å². The number of pyridine rings is 1. The van der Waals surface area contributed by atoms with E-state index in [1.807, 2.05) is 26.0 Å². The Kier molecular flexibility index (Phi) is 5.31. The quantitative estimate of drug-likeness (QED) is 0.471. The minimum Gasteiger partial charge on any atom is -0.305 e. The lowest BCUT2D eigenvalue weighted by Gasteiger charge is -2.32. The third-order valence-electron chi connectivity index (χ3n) is 6.01. The van der Waals surface area contributed by atoms with Crippen LogP contribution in [0.1, 0.15) is 53.5 Å². The van der Waals surface area contributed by atoms with Gasteiger partial charge < -0.3 is 4.90 Å². The molecule has 0 aliphatic carbocycles. The number of fused-ring (bicyclic) bond motifs is 1. The van der Waals surface area contributed by atoms with Gasteiger partial charge in [-0.1, -0.05) is 17.7 Å². The van der Waals surface area contributed by atoms with Gasteiger partial charge >= 0.3 is 6.18 Å². The van der Waals surface area contributed by atoms with Crippen molar-refractivity contribution in [3.8, 4) is 0 Å². The molecule has 0 spiro atoms. The van der Waals surface area contributed by atoms with Gasteiger partial charge in [0.2, 0.25) is 0 Å². The molecule has 0 fully saturated rings. The number of rotatable bonds is 3. The summed E-state index contributed by atoms with van der Waals surface area (Å²) in [6, 6.07) is 6.91. The fourth-order valence-electron chi connectivity index (χ4n) is 4.35. The number of hydrogen-bond acceptors (Lipinski definition) is 4. The number of aliphatic imine (C=N–C) groups is 1. The molecule has 2 aliphatic rings. The third-order valence-corrected chi connectivity index (χ3v) is 6.32. The van der Waals surface area contributed by atoms with Crippen molar-refractivity contribution in [1.82, 2.24) is 14.8 Å². The Morgan fingerprint density at radius 3 is 2.65 bits per heavy atom. The molecule has 1 amide bonds. The summed E-state index contributed by atoms with van der Waals surface area (Å²) in [5, 5.41) is 3.98. The van der Waals surface area contributed by atoms with Gasteiger partial charge in [-0.25, -0.2) is 0 Å². The Labute approximate surface area is 198 Å². The first kappa shape index (κ1) is 22.3. The lowest BCUT2D eigenvalue weighted by atomic mass is 10.0. The van der Waals surface area contributed by atoms with Gasteiger partial charge in [0.25, 0.3) is 5.91 Å². The van der Waals surface area contributed by atoms with Crippen LogP contribution < -0.4 is 4.90 Å². The van der Waals surface area contributed by atoms with E-state index < -0.39 is 16.8 Å². The Bertz CT molecular complexity index is 1360. The summed E-state index contributed by atoms with van der Waals surface area (Å²) in [5.41, 5.74) is 3.71. The summed E-state index contributed by atoms with van der Waals surface area (Å²) < 4.78 is 41.1. The van der Waals surface area contributed by atoms with Crippen LogP contribution in [0.4, 0.5) is 18.9 Å². The van der Waals surface area contributed by atoms with E-state index in [0.29, 0.717) is 29.1 Å². The maximum atomic E-state index is 13.6. The first-order valence-electron chi connectivity index (χ1n) is 10.6. The maximum Gasteiger partial charge on any atom is 0.417 e. The number of carbonyl (C=O) groups is 1. The summed E-state index contributed by atoms with van der Waals surface area (Å²) in [5.74, 6) is -0.369. The zero-order valence-corrected chi connectivity index (χ0v) is 19.0. The van der Waals surface area contributed by atoms with Crippen molar-refractivity contribution in [1.29, 1.82) is 0 Å². The van der Waals surface area contributed by atoms with E-state index in [9.17, 15) is 18.0 Å². The molecule has 10 heteroatoms. The van der Waals surface area contributed by atoms with Crippen LogP contribution >= 0.6 is 11.6 Å². The predicted octanol–water partition coefficient (Wildman–Crippen LogP) is 5.80. The fourth-order valence-corrected chi connectivity index (χ4v) is 4.64. The Morgan fingerprint density at radius 1 is 1.18 bits per heavy atom. The number of amides is 1. The number of benzene rings is 1. The molecule has 2 aromatic heterocycles. The molecule has 0 saturated heterocycles. The number of aromatic nitrogens is 3. The highest BCUT2D eigenvalue weighted by atomic mass is 35.5. The van der Waals surface area contributed by atoms with Gasteiger partial charge in [-0.05, 0) is 43.7 Å². The average Bonchev–Trinajstić information content (AvgIpc) is 3.40. The molecule has 5 rings (SSSR count). The Hall–Kier alpha value is -3.46. The van der Waals surface area contributed by atoms with Crippen LogP contribution in [0.15, 0.2) is 59.5 Å². The minimum atomic E-state index is -4.57. The molecule has 3 aromatic rings. The third kappa shape index (κ3) is 3.69. The number of hydrogen-bond donors (Lipinski definition) is 0. The highest BCUT2D eigenvalue weighted by molar-refractivity contribution is 6.31. The molecule has 0 saturated carbocycles. The SMILES string of the molecule is CC1=C(c2cnn3c2C(=O)N(c2ccc(C(F)(F)F)c(Cl)c2)C[C@@H]3C)N=C(c2cccnc2)C1. The Morgan fingerprint density at radius 2 is 1.97 bits per heavy atom. The van der Waals surface area contributed by atoms with Crippen molar-refractivity contribution in [3.63, 3.8) is 0 Å². The fraction of sp³-hybridized carbons (Fsp3) is 0.250. The summed E-state index contributed by atoms with van der Waals surface area (Å²) in [6.45, 7) is 4.10. The molecule has 2 aliphatic heterocycles. The number of nitrogens with zero attached hydrogens (tertiary/aromatic N) is 5. The number of alkyl halides is 3. The first-order valence-corrected chi connectivity index (χ1v) is 11.0. The van der Waals surface area contributed by atoms with Gasteiger partial charge in [0, 0.05) is 36.6 Å². The summed E-state index contributed by atoms with van der Waals surface area (Å²) >= 11 is 5.92. The molecule has 0 N–H and O–H groups in total. The summed E-state index contributed by atoms with van der Waals surface area (Å²) in [6.07, 6.45) is 1.11. The molecule has 1 aromatic carbocycles. The smallest absolute Gasteiger partial charge is 0.305 e. The standard InChI is InChI=1S/C24H19ClF3N5O/c1-13-8-20(15-4-3-7-29-10-15)31-21(13)17-11-30-33-14(2)12-32(23(34)22(17)33)16-5-6-18(19(25)9-16)24(26,27)28/h3-7,9-11,14H,8,12H2,1-2H3/t14-/m0/s1. The van der Waals surface area contributed by atoms with Gasteiger partial charge in [0.15, 0.2) is 0 Å². The minimum absolute atomic E-state index is 0.202. The zero-order valence-electron chi connectivity index (χ0n) is 18.3. The molecule has 34 heavy (non-hydrogen) atoms. The van der Waals surface area contributed by atoms with Crippen LogP contribution in [0.2, 0.25) is 5.02 Å². The van der Waals surface area contributed by atoms with E-state index >= 15 is 0 Å². The molecule has 174 valence electrons. The second-order valence-corrected chi connectivity index (χ2v) is 8.79. The van der Waals surface area contributed by atoms with Crippen molar-refractivity contribution in [2.45, 2.75) is 32.5 Å². The number of carbonyl (C=O) groups excluding carboxylic acids is 1. The zero-order chi connectivity index (χ0) is 24.2. The molecule has 4 heterocycles. The van der Waals surface area contributed by atoms with Gasteiger partial charge in [0.05, 0.1) is 39.8 Å². The molecular formula is C24H19ClF3N5O. The molecule has 1 atom stereocenters. The van der Waals surface area contributed by atoms with Crippen LogP contribution in [-0.2, 0) is 6.18 Å². The highest BCUT2D eigenvalue weighted by Crippen LogP contribution is 2.39. The van der Waals surface area contributed by atoms with E-state index in [4.69, 9.17) is 16.6 Å². The molecule has 0 radical (unpaired) electrons. The van der Waals surface area contributed by atoms with Crippen molar-refractivity contribution in [3.05, 3.63) is 81.9 Å². The predicted molar refractivity (Wildman–Crippen MR) is 123 cm³/mol. The largest absolute Gasteiger partial charge is 0.417 e. The number of allylic oxidation sites excluding steroid dienone is 1. The maximum absolute atomic E-state index is 13.6. The average molecular weight is 486 g/mol. The van der Waals surface area contributed by atoms with Gasteiger partial charge in [0.1, 0.15) is 5.69 Å². The Balaban J connectivity index is 1.54. The highest BCUT2D eigenvalue weighted by Gasteiger charge is 2.37. The van der Waals surface area contributed by atoms with Gasteiger partial charge in [-0.3, -0.25) is 19.5 Å². The van der Waals surface area contributed by atoms with Gasteiger partial charge in [-0.2, -0.15) is 18.3 Å². The van der Waals surface area contributed by atoms with E-state index in [1.54, 1.807) is 23.3 Å². The van der Waals surface area contributed by atoms with E-state index in [2.05, 4.69) is 10.1 Å². The van der Waals surface area contributed by atoms with Crippen molar-refractivity contribution < 1.29 is 18.0 Å². The molecule has 6 nitrogen and oxygen atoms in total. The monoisotopic (exact) mass is 485 g/mol. The number of anilines is 1. The first-order chi connectivity index (χ1) is 16.1. The van der Waals surface area contributed by atoms with Crippen LogP contribution in [0.3, 0.4) is 0 Å². The van der Waals surface area contributed by atoms with Crippen molar-refractivity contribution in [2.75, 3.05) is 11.4 Å².